The molecule has 0 aliphatic heterocycles. The lowest BCUT2D eigenvalue weighted by Crippen LogP contribution is -2.31. The zero-order chi connectivity index (χ0) is 26.8. The van der Waals surface area contributed by atoms with Gasteiger partial charge in [-0.25, -0.2) is 22.4 Å². The molecule has 1 atom stereocenters. The summed E-state index contributed by atoms with van der Waals surface area (Å²) in [6.07, 6.45) is -8.85. The quantitative estimate of drug-likeness (QED) is 0.431. The highest BCUT2D eigenvalue weighted by Crippen LogP contribution is 2.36. The average molecular weight is 520 g/mol. The van der Waals surface area contributed by atoms with Gasteiger partial charge in [0.1, 0.15) is 29.7 Å². The van der Waals surface area contributed by atoms with E-state index in [1.54, 1.807) is 0 Å². The van der Waals surface area contributed by atoms with Gasteiger partial charge in [0, 0.05) is 30.4 Å². The van der Waals surface area contributed by atoms with Crippen molar-refractivity contribution in [2.75, 3.05) is 0 Å². The summed E-state index contributed by atoms with van der Waals surface area (Å²) in [7, 11) is 0. The predicted octanol–water partition coefficient (Wildman–Crippen LogP) is 4.82. The molecule has 0 spiro atoms. The molecule has 3 aromatic rings. The highest BCUT2D eigenvalue weighted by atomic mass is 19.4. The molecule has 3 rings (SSSR count). The Kier molecular flexibility index (Phi) is 7.86. The minimum atomic E-state index is -4.90. The first-order valence-corrected chi connectivity index (χ1v) is 10.4. The Hall–Kier alpha value is -3.68. The van der Waals surface area contributed by atoms with Gasteiger partial charge >= 0.3 is 11.9 Å². The molecular weight excluding hydrogens is 501 g/mol. The molecule has 0 radical (unpaired) electrons. The van der Waals surface area contributed by atoms with Crippen LogP contribution < -0.4 is 10.4 Å². The molecule has 14 heteroatoms. The first kappa shape index (κ1) is 26.9. The molecule has 194 valence electrons. The second-order valence-electron chi connectivity index (χ2n) is 7.39. The summed E-state index contributed by atoms with van der Waals surface area (Å²) in [5, 5.41) is 13.2. The second kappa shape index (κ2) is 10.5. The number of aliphatic hydroxyl groups excluding tert-OH is 1. The Morgan fingerprint density at radius 2 is 1.97 bits per heavy atom. The van der Waals surface area contributed by atoms with Gasteiger partial charge in [0.15, 0.2) is 11.9 Å². The SMILES string of the molecule is CCn1c(CO)nn(-c2cc(O[C@@H](C)C(F)(F)F)c(/C(F)=C/c3ncccc3C(F)F)cc2F)c1=O. The molecule has 0 bridgehead atoms. The van der Waals surface area contributed by atoms with Crippen molar-refractivity contribution >= 4 is 11.9 Å². The van der Waals surface area contributed by atoms with Crippen molar-refractivity contribution in [2.45, 2.75) is 45.7 Å². The van der Waals surface area contributed by atoms with Gasteiger partial charge in [-0.3, -0.25) is 9.55 Å². The van der Waals surface area contributed by atoms with E-state index in [1.165, 1.54) is 13.0 Å². The zero-order valence-electron chi connectivity index (χ0n) is 18.7. The molecule has 0 unspecified atom stereocenters. The number of aromatic nitrogens is 4. The third-order valence-electron chi connectivity index (χ3n) is 5.07. The van der Waals surface area contributed by atoms with Gasteiger partial charge in [0.25, 0.3) is 6.43 Å². The first-order chi connectivity index (χ1) is 16.9. The van der Waals surface area contributed by atoms with Crippen molar-refractivity contribution in [1.29, 1.82) is 0 Å². The lowest BCUT2D eigenvalue weighted by atomic mass is 10.1. The number of rotatable bonds is 8. The molecule has 1 N–H and O–H groups in total. The summed E-state index contributed by atoms with van der Waals surface area (Å²) in [6.45, 7) is 1.50. The monoisotopic (exact) mass is 520 g/mol. The summed E-state index contributed by atoms with van der Waals surface area (Å²) in [5.74, 6) is -3.71. The van der Waals surface area contributed by atoms with Crippen LogP contribution in [0.2, 0.25) is 0 Å². The number of benzene rings is 1. The first-order valence-electron chi connectivity index (χ1n) is 10.4. The standard InChI is InChI=1S/C22H19F7N4O3/c1-3-32-19(10-34)31-33(21(32)35)17-9-18(36-11(2)22(27,28)29)13(7-15(17)24)14(23)8-16-12(20(25)26)5-4-6-30-16/h4-9,11,20,34H,3,10H2,1-2H3/b14-8-/t11-/m0/s1. The third-order valence-corrected chi connectivity index (χ3v) is 5.07. The molecule has 0 fully saturated rings. The van der Waals surface area contributed by atoms with Crippen molar-refractivity contribution in [1.82, 2.24) is 19.3 Å². The van der Waals surface area contributed by atoms with E-state index in [4.69, 9.17) is 4.74 Å². The Morgan fingerprint density at radius 1 is 1.28 bits per heavy atom. The van der Waals surface area contributed by atoms with E-state index in [2.05, 4.69) is 10.1 Å². The van der Waals surface area contributed by atoms with E-state index in [0.717, 1.165) is 16.8 Å². The summed E-state index contributed by atoms with van der Waals surface area (Å²) >= 11 is 0. The van der Waals surface area contributed by atoms with E-state index in [1.807, 2.05) is 0 Å². The van der Waals surface area contributed by atoms with Crippen LogP contribution in [0.3, 0.4) is 0 Å². The Labute approximate surface area is 199 Å². The van der Waals surface area contributed by atoms with Crippen LogP contribution in [-0.2, 0) is 13.2 Å². The number of halogens is 7. The Morgan fingerprint density at radius 3 is 2.53 bits per heavy atom. The van der Waals surface area contributed by atoms with Crippen molar-refractivity contribution in [2.24, 2.45) is 0 Å². The van der Waals surface area contributed by atoms with Gasteiger partial charge in [0.2, 0.25) is 0 Å². The van der Waals surface area contributed by atoms with E-state index < -0.39 is 70.9 Å². The number of alkyl halides is 5. The van der Waals surface area contributed by atoms with E-state index >= 15 is 8.78 Å². The molecule has 2 aromatic heterocycles. The summed E-state index contributed by atoms with van der Waals surface area (Å²) in [5.41, 5.74) is -3.65. The molecule has 0 aliphatic rings. The van der Waals surface area contributed by atoms with Crippen LogP contribution >= 0.6 is 0 Å². The van der Waals surface area contributed by atoms with Gasteiger partial charge in [-0.05, 0) is 32.0 Å². The number of hydrogen-bond acceptors (Lipinski definition) is 5. The Balaban J connectivity index is 2.22. The molecular formula is C22H19F7N4O3. The van der Waals surface area contributed by atoms with Crippen molar-refractivity contribution < 1.29 is 40.6 Å². The molecule has 2 heterocycles. The van der Waals surface area contributed by atoms with E-state index in [9.17, 15) is 31.9 Å². The normalized spacial score (nSPS) is 13.4. The maximum absolute atomic E-state index is 15.2. The largest absolute Gasteiger partial charge is 0.480 e. The third kappa shape index (κ3) is 5.42. The number of nitrogens with zero attached hydrogens (tertiary/aromatic N) is 4. The smallest absolute Gasteiger partial charge is 0.425 e. The van der Waals surface area contributed by atoms with Crippen molar-refractivity contribution in [3.63, 3.8) is 0 Å². The van der Waals surface area contributed by atoms with Crippen LogP contribution in [-0.4, -0.2) is 36.7 Å². The van der Waals surface area contributed by atoms with Crippen molar-refractivity contribution in [3.05, 3.63) is 69.4 Å². The molecule has 0 saturated heterocycles. The Bertz CT molecular complexity index is 1330. The summed E-state index contributed by atoms with van der Waals surface area (Å²) < 4.78 is 103. The van der Waals surface area contributed by atoms with Crippen LogP contribution in [0.25, 0.3) is 17.6 Å². The lowest BCUT2D eigenvalue weighted by Gasteiger charge is -2.20. The van der Waals surface area contributed by atoms with E-state index in [0.29, 0.717) is 29.8 Å². The van der Waals surface area contributed by atoms with Crippen molar-refractivity contribution in [3.8, 4) is 11.4 Å². The van der Waals surface area contributed by atoms with Gasteiger partial charge in [-0.2, -0.15) is 17.9 Å². The zero-order valence-corrected chi connectivity index (χ0v) is 18.7. The molecule has 0 saturated carbocycles. The fraction of sp³-hybridized carbons (Fsp3) is 0.318. The fourth-order valence-corrected chi connectivity index (χ4v) is 3.21. The van der Waals surface area contributed by atoms with Crippen LogP contribution in [0.15, 0.2) is 35.3 Å². The van der Waals surface area contributed by atoms with Crippen LogP contribution in [0.4, 0.5) is 30.7 Å². The maximum atomic E-state index is 15.2. The number of ether oxygens (including phenoxy) is 1. The summed E-state index contributed by atoms with van der Waals surface area (Å²) in [4.78, 5) is 16.2. The fourth-order valence-electron chi connectivity index (χ4n) is 3.21. The molecule has 7 nitrogen and oxygen atoms in total. The lowest BCUT2D eigenvalue weighted by molar-refractivity contribution is -0.189. The average Bonchev–Trinajstić information content (AvgIpc) is 3.14. The minimum Gasteiger partial charge on any atom is -0.480 e. The van der Waals surface area contributed by atoms with Gasteiger partial charge in [0.05, 0.1) is 11.3 Å². The topological polar surface area (TPSA) is 82.2 Å². The van der Waals surface area contributed by atoms with Gasteiger partial charge < -0.3 is 9.84 Å². The molecule has 0 aliphatic carbocycles. The van der Waals surface area contributed by atoms with Gasteiger partial charge in [-0.1, -0.05) is 0 Å². The highest BCUT2D eigenvalue weighted by molar-refractivity contribution is 5.80. The number of hydrogen-bond donors (Lipinski definition) is 1. The number of pyridine rings is 1. The predicted molar refractivity (Wildman–Crippen MR) is 114 cm³/mol. The van der Waals surface area contributed by atoms with Crippen LogP contribution in [0.1, 0.15) is 42.9 Å². The minimum absolute atomic E-state index is 0.0385. The molecule has 36 heavy (non-hydrogen) atoms. The number of aliphatic hydroxyl groups is 1. The van der Waals surface area contributed by atoms with Crippen LogP contribution in [0, 0.1) is 5.82 Å². The molecule has 0 amide bonds. The highest BCUT2D eigenvalue weighted by Gasteiger charge is 2.39. The second-order valence-corrected chi connectivity index (χ2v) is 7.39. The van der Waals surface area contributed by atoms with Gasteiger partial charge in [-0.15, -0.1) is 5.10 Å². The van der Waals surface area contributed by atoms with Crippen LogP contribution in [0.5, 0.6) is 5.75 Å². The summed E-state index contributed by atoms with van der Waals surface area (Å²) in [6, 6.07) is 3.22. The van der Waals surface area contributed by atoms with E-state index in [-0.39, 0.29) is 12.4 Å². The maximum Gasteiger partial charge on any atom is 0.425 e. The molecule has 1 aromatic carbocycles.